The van der Waals surface area contributed by atoms with Crippen molar-refractivity contribution in [2.45, 2.75) is 26.3 Å². The fraction of sp³-hybridized carbons (Fsp3) is 0.312. The predicted molar refractivity (Wildman–Crippen MR) is 79.4 cm³/mol. The summed E-state index contributed by atoms with van der Waals surface area (Å²) in [5, 5.41) is 9.08. The summed E-state index contributed by atoms with van der Waals surface area (Å²) in [7, 11) is 1.94. The minimum Gasteiger partial charge on any atom is -0.340 e. The topological polar surface area (TPSA) is 52.8 Å². The quantitative estimate of drug-likeness (QED) is 0.853. The first kappa shape index (κ1) is 14.0. The number of hydrogen-bond acceptors (Lipinski definition) is 4. The van der Waals surface area contributed by atoms with E-state index >= 15 is 0 Å². The lowest BCUT2D eigenvalue weighted by molar-refractivity contribution is 0.786. The first-order valence-electron chi connectivity index (χ1n) is 6.64. The molecule has 2 aromatic rings. The second-order valence-corrected chi connectivity index (χ2v) is 5.09. The third kappa shape index (κ3) is 3.33. The normalized spacial score (nSPS) is 10.3. The molecule has 0 saturated carbocycles. The van der Waals surface area contributed by atoms with Gasteiger partial charge in [0.2, 0.25) is 5.95 Å². The van der Waals surface area contributed by atoms with Gasteiger partial charge in [-0.1, -0.05) is 44.2 Å². The van der Waals surface area contributed by atoms with Crippen molar-refractivity contribution in [2.24, 2.45) is 0 Å². The minimum atomic E-state index is 0.272. The fourth-order valence-corrected chi connectivity index (χ4v) is 1.90. The summed E-state index contributed by atoms with van der Waals surface area (Å²) < 4.78 is 0. The van der Waals surface area contributed by atoms with Gasteiger partial charge in [0.25, 0.3) is 0 Å². The Labute approximate surface area is 119 Å². The first-order chi connectivity index (χ1) is 9.60. The third-order valence-corrected chi connectivity index (χ3v) is 3.04. The molecular formula is C16H18N4. The average molecular weight is 266 g/mol. The minimum absolute atomic E-state index is 0.272. The average Bonchev–Trinajstić information content (AvgIpc) is 2.47. The number of aromatic nitrogens is 2. The van der Waals surface area contributed by atoms with Crippen LogP contribution in [0.15, 0.2) is 36.4 Å². The molecule has 0 aliphatic carbocycles. The van der Waals surface area contributed by atoms with Crippen LogP contribution in [0, 0.1) is 11.3 Å². The molecule has 0 radical (unpaired) electrons. The largest absolute Gasteiger partial charge is 0.340 e. The molecule has 20 heavy (non-hydrogen) atoms. The van der Waals surface area contributed by atoms with Crippen molar-refractivity contribution in [3.63, 3.8) is 0 Å². The van der Waals surface area contributed by atoms with Crippen molar-refractivity contribution in [3.05, 3.63) is 53.3 Å². The van der Waals surface area contributed by atoms with Gasteiger partial charge in [-0.25, -0.2) is 9.97 Å². The molecule has 2 rings (SSSR count). The zero-order valence-electron chi connectivity index (χ0n) is 12.0. The van der Waals surface area contributed by atoms with Crippen LogP contribution in [-0.2, 0) is 6.54 Å². The van der Waals surface area contributed by atoms with Crippen molar-refractivity contribution >= 4 is 5.95 Å². The molecule has 1 aromatic carbocycles. The highest BCUT2D eigenvalue weighted by molar-refractivity contribution is 5.37. The Hall–Kier alpha value is -2.41. The Kier molecular flexibility index (Phi) is 4.31. The second-order valence-electron chi connectivity index (χ2n) is 5.09. The van der Waals surface area contributed by atoms with Crippen molar-refractivity contribution in [2.75, 3.05) is 11.9 Å². The highest BCUT2D eigenvalue weighted by atomic mass is 15.2. The molecule has 1 aromatic heterocycles. The molecule has 1 heterocycles. The van der Waals surface area contributed by atoms with Crippen LogP contribution in [0.4, 0.5) is 5.95 Å². The summed E-state index contributed by atoms with van der Waals surface area (Å²) in [6.07, 6.45) is 0. The maximum absolute atomic E-state index is 9.08. The molecule has 0 amide bonds. The van der Waals surface area contributed by atoms with Gasteiger partial charge in [-0.15, -0.1) is 0 Å². The molecule has 0 fully saturated rings. The van der Waals surface area contributed by atoms with Gasteiger partial charge >= 0.3 is 0 Å². The zero-order chi connectivity index (χ0) is 14.5. The summed E-state index contributed by atoms with van der Waals surface area (Å²) in [6.45, 7) is 4.84. The molecule has 0 N–H and O–H groups in total. The van der Waals surface area contributed by atoms with E-state index in [-0.39, 0.29) is 5.92 Å². The van der Waals surface area contributed by atoms with Gasteiger partial charge < -0.3 is 4.90 Å². The molecule has 102 valence electrons. The Morgan fingerprint density at radius 2 is 1.90 bits per heavy atom. The molecule has 0 atom stereocenters. The molecule has 0 saturated heterocycles. The van der Waals surface area contributed by atoms with Crippen molar-refractivity contribution in [3.8, 4) is 6.07 Å². The van der Waals surface area contributed by atoms with Gasteiger partial charge in [0.1, 0.15) is 11.8 Å². The highest BCUT2D eigenvalue weighted by Gasteiger charge is 2.11. The van der Waals surface area contributed by atoms with E-state index in [0.29, 0.717) is 18.2 Å². The lowest BCUT2D eigenvalue weighted by atomic mass is 10.1. The van der Waals surface area contributed by atoms with Crippen LogP contribution in [0.1, 0.15) is 36.7 Å². The number of anilines is 1. The highest BCUT2D eigenvalue weighted by Crippen LogP contribution is 2.17. The van der Waals surface area contributed by atoms with E-state index in [2.05, 4.69) is 42.0 Å². The van der Waals surface area contributed by atoms with E-state index < -0.39 is 0 Å². The summed E-state index contributed by atoms with van der Waals surface area (Å²) in [6, 6.07) is 14.0. The van der Waals surface area contributed by atoms with E-state index in [1.807, 2.05) is 30.1 Å². The molecule has 4 nitrogen and oxygen atoms in total. The fourth-order valence-electron chi connectivity index (χ4n) is 1.90. The van der Waals surface area contributed by atoms with E-state index in [1.54, 1.807) is 6.07 Å². The van der Waals surface area contributed by atoms with Gasteiger partial charge in [0, 0.05) is 19.3 Å². The molecule has 0 spiro atoms. The number of benzene rings is 1. The van der Waals surface area contributed by atoms with Gasteiger partial charge in [-0.05, 0) is 17.5 Å². The Balaban J connectivity index is 2.27. The van der Waals surface area contributed by atoms with Crippen LogP contribution in [0.5, 0.6) is 0 Å². The lowest BCUT2D eigenvalue weighted by Gasteiger charge is -2.18. The maximum Gasteiger partial charge on any atom is 0.226 e. The molecule has 0 bridgehead atoms. The van der Waals surface area contributed by atoms with Crippen molar-refractivity contribution in [1.29, 1.82) is 5.26 Å². The maximum atomic E-state index is 9.08. The van der Waals surface area contributed by atoms with E-state index in [1.165, 1.54) is 5.56 Å². The van der Waals surface area contributed by atoms with Crippen LogP contribution < -0.4 is 4.90 Å². The Morgan fingerprint density at radius 3 is 2.50 bits per heavy atom. The van der Waals surface area contributed by atoms with Gasteiger partial charge in [0.05, 0.1) is 0 Å². The Morgan fingerprint density at radius 1 is 1.20 bits per heavy atom. The predicted octanol–water partition coefficient (Wildman–Crippen LogP) is 3.11. The van der Waals surface area contributed by atoms with Crippen LogP contribution in [0.3, 0.4) is 0 Å². The molecule has 0 aliphatic rings. The molecule has 0 aliphatic heterocycles. The second kappa shape index (κ2) is 6.16. The molecular weight excluding hydrogens is 248 g/mol. The standard InChI is InChI=1S/C16H18N4/c1-12(2)15-9-14(10-17)18-16(19-15)20(3)11-13-7-5-4-6-8-13/h4-9,12H,11H2,1-3H3. The smallest absolute Gasteiger partial charge is 0.226 e. The SMILES string of the molecule is CC(C)c1cc(C#N)nc(N(C)Cc2ccccc2)n1. The molecule has 0 unspecified atom stereocenters. The third-order valence-electron chi connectivity index (χ3n) is 3.04. The van der Waals surface area contributed by atoms with Crippen molar-refractivity contribution < 1.29 is 0 Å². The van der Waals surface area contributed by atoms with Gasteiger partial charge in [0.15, 0.2) is 0 Å². The number of rotatable bonds is 4. The summed E-state index contributed by atoms with van der Waals surface area (Å²) in [5.74, 6) is 0.866. The van der Waals surface area contributed by atoms with E-state index in [4.69, 9.17) is 5.26 Å². The zero-order valence-corrected chi connectivity index (χ0v) is 12.0. The van der Waals surface area contributed by atoms with Crippen LogP contribution in [0.25, 0.3) is 0 Å². The summed E-state index contributed by atoms with van der Waals surface area (Å²) in [5.41, 5.74) is 2.50. The number of hydrogen-bond donors (Lipinski definition) is 0. The van der Waals surface area contributed by atoms with E-state index in [9.17, 15) is 0 Å². The first-order valence-corrected chi connectivity index (χ1v) is 6.64. The lowest BCUT2D eigenvalue weighted by Crippen LogP contribution is -2.20. The van der Waals surface area contributed by atoms with Crippen LogP contribution in [0.2, 0.25) is 0 Å². The van der Waals surface area contributed by atoms with Crippen LogP contribution >= 0.6 is 0 Å². The molecule has 4 heteroatoms. The van der Waals surface area contributed by atoms with Gasteiger partial charge in [-0.2, -0.15) is 5.26 Å². The van der Waals surface area contributed by atoms with Crippen molar-refractivity contribution in [1.82, 2.24) is 9.97 Å². The monoisotopic (exact) mass is 266 g/mol. The van der Waals surface area contributed by atoms with Crippen LogP contribution in [-0.4, -0.2) is 17.0 Å². The van der Waals surface area contributed by atoms with Gasteiger partial charge in [-0.3, -0.25) is 0 Å². The summed E-state index contributed by atoms with van der Waals surface area (Å²) in [4.78, 5) is 10.8. The Bertz CT molecular complexity index is 614. The summed E-state index contributed by atoms with van der Waals surface area (Å²) >= 11 is 0. The van der Waals surface area contributed by atoms with E-state index in [0.717, 1.165) is 5.69 Å². The number of nitriles is 1. The number of nitrogens with zero attached hydrogens (tertiary/aromatic N) is 4.